The first kappa shape index (κ1) is 18.5. The Morgan fingerprint density at radius 2 is 1.92 bits per heavy atom. The highest BCUT2D eigenvalue weighted by Gasteiger charge is 2.32. The summed E-state index contributed by atoms with van der Waals surface area (Å²) in [7, 11) is -3.71. The summed E-state index contributed by atoms with van der Waals surface area (Å²) < 4.78 is 31.4. The number of nitrogens with one attached hydrogen (secondary N) is 1. The zero-order chi connectivity index (χ0) is 18.2. The van der Waals surface area contributed by atoms with Gasteiger partial charge in [0.05, 0.1) is 11.7 Å². The van der Waals surface area contributed by atoms with Gasteiger partial charge in [-0.2, -0.15) is 5.10 Å². The minimum absolute atomic E-state index is 0.270. The van der Waals surface area contributed by atoms with Crippen LogP contribution in [0.2, 0.25) is 0 Å². The normalized spacial score (nSPS) is 16.3. The van der Waals surface area contributed by atoms with E-state index in [9.17, 15) is 8.42 Å². The molecular formula is C18H24BrN3O2S. The molecule has 1 heterocycles. The summed E-state index contributed by atoms with van der Waals surface area (Å²) in [6, 6.07) is 7.44. The molecule has 2 aromatic rings. The predicted molar refractivity (Wildman–Crippen MR) is 103 cm³/mol. The lowest BCUT2D eigenvalue weighted by molar-refractivity contribution is 0.448. The third kappa shape index (κ3) is 4.08. The van der Waals surface area contributed by atoms with Crippen molar-refractivity contribution in [3.05, 3.63) is 40.6 Å². The lowest BCUT2D eigenvalue weighted by atomic mass is 9.92. The number of nitrogens with zero attached hydrogens (tertiary/aromatic N) is 2. The van der Waals surface area contributed by atoms with E-state index in [2.05, 4.69) is 25.8 Å². The number of hydrogen-bond donors (Lipinski definition) is 1. The van der Waals surface area contributed by atoms with E-state index >= 15 is 0 Å². The number of halogens is 1. The van der Waals surface area contributed by atoms with Crippen LogP contribution in [0.25, 0.3) is 0 Å². The summed E-state index contributed by atoms with van der Waals surface area (Å²) in [6.45, 7) is 5.98. The molecule has 7 heteroatoms. The summed E-state index contributed by atoms with van der Waals surface area (Å²) in [6.07, 6.45) is 6.17. The maximum atomic E-state index is 13.0. The highest BCUT2D eigenvalue weighted by molar-refractivity contribution is 9.10. The van der Waals surface area contributed by atoms with Gasteiger partial charge < -0.3 is 0 Å². The smallest absolute Gasteiger partial charge is 0.265 e. The minimum atomic E-state index is -3.71. The first-order chi connectivity index (χ1) is 11.7. The van der Waals surface area contributed by atoms with E-state index in [0.717, 1.165) is 17.3 Å². The van der Waals surface area contributed by atoms with E-state index in [0.29, 0.717) is 17.4 Å². The predicted octanol–water partition coefficient (Wildman–Crippen LogP) is 4.86. The molecule has 0 saturated heterocycles. The van der Waals surface area contributed by atoms with Crippen molar-refractivity contribution >= 4 is 31.6 Å². The summed E-state index contributed by atoms with van der Waals surface area (Å²) in [5.41, 5.74) is 0.787. The van der Waals surface area contributed by atoms with Crippen LogP contribution >= 0.6 is 15.9 Å². The zero-order valence-electron chi connectivity index (χ0n) is 14.8. The average Bonchev–Trinajstić information content (AvgIpc) is 3.16. The van der Waals surface area contributed by atoms with E-state index in [4.69, 9.17) is 0 Å². The molecule has 1 aromatic carbocycles. The van der Waals surface area contributed by atoms with Crippen molar-refractivity contribution in [1.29, 1.82) is 0 Å². The monoisotopic (exact) mass is 425 g/mol. The Morgan fingerprint density at radius 1 is 1.24 bits per heavy atom. The van der Waals surface area contributed by atoms with Gasteiger partial charge >= 0.3 is 0 Å². The highest BCUT2D eigenvalue weighted by Crippen LogP contribution is 2.34. The Balaban J connectivity index is 2.01. The quantitative estimate of drug-likeness (QED) is 0.760. The average molecular weight is 426 g/mol. The molecule has 25 heavy (non-hydrogen) atoms. The lowest BCUT2D eigenvalue weighted by Crippen LogP contribution is -2.20. The molecule has 1 aromatic heterocycles. The Kier molecular flexibility index (Phi) is 4.99. The lowest BCUT2D eigenvalue weighted by Gasteiger charge is -2.18. The van der Waals surface area contributed by atoms with Crippen LogP contribution in [-0.4, -0.2) is 18.2 Å². The van der Waals surface area contributed by atoms with Crippen LogP contribution in [0.5, 0.6) is 0 Å². The van der Waals surface area contributed by atoms with Gasteiger partial charge in [0.15, 0.2) is 0 Å². The number of benzene rings is 1. The van der Waals surface area contributed by atoms with Crippen LogP contribution in [-0.2, 0) is 15.4 Å². The number of rotatable bonds is 4. The zero-order valence-corrected chi connectivity index (χ0v) is 17.2. The van der Waals surface area contributed by atoms with Gasteiger partial charge in [-0.25, -0.2) is 8.42 Å². The molecule has 5 nitrogen and oxygen atoms in total. The van der Waals surface area contributed by atoms with E-state index in [1.54, 1.807) is 24.4 Å². The fourth-order valence-corrected chi connectivity index (χ4v) is 5.00. The Bertz CT molecular complexity index is 863. The molecule has 0 amide bonds. The van der Waals surface area contributed by atoms with Crippen LogP contribution in [0.1, 0.15) is 58.2 Å². The first-order valence-electron chi connectivity index (χ1n) is 8.55. The number of anilines is 1. The van der Waals surface area contributed by atoms with Gasteiger partial charge in [0, 0.05) is 21.8 Å². The summed E-state index contributed by atoms with van der Waals surface area (Å²) in [4.78, 5) is 0.270. The van der Waals surface area contributed by atoms with Crippen molar-refractivity contribution in [2.24, 2.45) is 0 Å². The standard InChI is InChI=1S/C18H24BrN3O2S/c1-18(2,3)17-16(12-22(20-17)15-9-4-5-10-15)25(23,24)21-14-8-6-7-13(19)11-14/h6-8,11-12,15,21H,4-5,9-10H2,1-3H3. The highest BCUT2D eigenvalue weighted by atomic mass is 79.9. The van der Waals surface area contributed by atoms with E-state index in [1.165, 1.54) is 12.8 Å². The molecule has 1 aliphatic carbocycles. The van der Waals surface area contributed by atoms with Crippen LogP contribution in [0.3, 0.4) is 0 Å². The number of sulfonamides is 1. The fraction of sp³-hybridized carbons (Fsp3) is 0.500. The molecular weight excluding hydrogens is 402 g/mol. The molecule has 1 saturated carbocycles. The van der Waals surface area contributed by atoms with Crippen molar-refractivity contribution in [3.8, 4) is 0 Å². The van der Waals surface area contributed by atoms with Crippen molar-refractivity contribution in [3.63, 3.8) is 0 Å². The van der Waals surface area contributed by atoms with E-state index in [-0.39, 0.29) is 10.3 Å². The van der Waals surface area contributed by atoms with Gasteiger partial charge in [0.1, 0.15) is 4.90 Å². The molecule has 0 radical (unpaired) electrons. The molecule has 0 spiro atoms. The van der Waals surface area contributed by atoms with Gasteiger partial charge in [-0.05, 0) is 31.0 Å². The van der Waals surface area contributed by atoms with E-state index < -0.39 is 10.0 Å². The largest absolute Gasteiger partial charge is 0.279 e. The first-order valence-corrected chi connectivity index (χ1v) is 10.8. The molecule has 3 rings (SSSR count). The Hall–Kier alpha value is -1.34. The maximum absolute atomic E-state index is 13.0. The minimum Gasteiger partial charge on any atom is -0.279 e. The Morgan fingerprint density at radius 3 is 2.52 bits per heavy atom. The molecule has 0 atom stereocenters. The SMILES string of the molecule is CC(C)(C)c1nn(C2CCCC2)cc1S(=O)(=O)Nc1cccc(Br)c1. The summed E-state index contributed by atoms with van der Waals surface area (Å²) in [5, 5.41) is 4.68. The molecule has 0 bridgehead atoms. The second kappa shape index (κ2) is 6.76. The third-order valence-corrected chi connectivity index (χ3v) is 6.35. The van der Waals surface area contributed by atoms with Gasteiger partial charge in [-0.1, -0.05) is 55.6 Å². The van der Waals surface area contributed by atoms with Crippen molar-refractivity contribution < 1.29 is 8.42 Å². The second-order valence-corrected chi connectivity index (χ2v) is 10.2. The maximum Gasteiger partial charge on any atom is 0.265 e. The third-order valence-electron chi connectivity index (χ3n) is 4.47. The molecule has 0 unspecified atom stereocenters. The number of aromatic nitrogens is 2. The topological polar surface area (TPSA) is 64.0 Å². The van der Waals surface area contributed by atoms with Gasteiger partial charge in [0.25, 0.3) is 10.0 Å². The molecule has 1 fully saturated rings. The second-order valence-electron chi connectivity index (χ2n) is 7.63. The van der Waals surface area contributed by atoms with Crippen molar-refractivity contribution in [1.82, 2.24) is 9.78 Å². The summed E-state index contributed by atoms with van der Waals surface area (Å²) >= 11 is 3.37. The van der Waals surface area contributed by atoms with Crippen LogP contribution < -0.4 is 4.72 Å². The fourth-order valence-electron chi connectivity index (χ4n) is 3.21. The van der Waals surface area contributed by atoms with Gasteiger partial charge in [-0.15, -0.1) is 0 Å². The van der Waals surface area contributed by atoms with E-state index in [1.807, 2.05) is 31.5 Å². The Labute approximate surface area is 158 Å². The number of hydrogen-bond acceptors (Lipinski definition) is 3. The van der Waals surface area contributed by atoms with Crippen LogP contribution in [0, 0.1) is 0 Å². The van der Waals surface area contributed by atoms with Crippen LogP contribution in [0.15, 0.2) is 39.8 Å². The molecule has 1 aliphatic rings. The van der Waals surface area contributed by atoms with Crippen molar-refractivity contribution in [2.75, 3.05) is 4.72 Å². The van der Waals surface area contributed by atoms with Gasteiger partial charge in [0.2, 0.25) is 0 Å². The molecule has 136 valence electrons. The molecule has 1 N–H and O–H groups in total. The van der Waals surface area contributed by atoms with Gasteiger partial charge in [-0.3, -0.25) is 9.40 Å². The summed E-state index contributed by atoms with van der Waals surface area (Å²) in [5.74, 6) is 0. The molecule has 0 aliphatic heterocycles. The van der Waals surface area contributed by atoms with Crippen LogP contribution in [0.4, 0.5) is 5.69 Å². The van der Waals surface area contributed by atoms with Crippen molar-refractivity contribution in [2.45, 2.75) is 62.8 Å².